The Hall–Kier alpha value is -2.87. The third kappa shape index (κ3) is 7.40. The highest BCUT2D eigenvalue weighted by Crippen LogP contribution is 2.29. The monoisotopic (exact) mass is 447 g/mol. The Kier molecular flexibility index (Phi) is 10.0. The summed E-state index contributed by atoms with van der Waals surface area (Å²) in [7, 11) is 1.49. The van der Waals surface area contributed by atoms with Crippen LogP contribution >= 0.6 is 11.8 Å². The summed E-state index contributed by atoms with van der Waals surface area (Å²) >= 11 is 1.54. The van der Waals surface area contributed by atoms with Crippen LogP contribution in [0.3, 0.4) is 0 Å². The van der Waals surface area contributed by atoms with Crippen LogP contribution in [-0.4, -0.2) is 51.6 Å². The molecule has 0 aliphatic heterocycles. The third-order valence-electron chi connectivity index (χ3n) is 4.31. The van der Waals surface area contributed by atoms with Crippen LogP contribution in [0.15, 0.2) is 41.3 Å². The van der Waals surface area contributed by atoms with Crippen LogP contribution in [0.5, 0.6) is 17.2 Å². The minimum Gasteiger partial charge on any atom is -0.496 e. The molecule has 0 saturated heterocycles. The number of hydrogen-bond acceptors (Lipinski definition) is 7. The highest BCUT2D eigenvalue weighted by atomic mass is 32.2. The van der Waals surface area contributed by atoms with E-state index in [0.29, 0.717) is 43.4 Å². The molecule has 2 rings (SSSR count). The summed E-state index contributed by atoms with van der Waals surface area (Å²) in [6.45, 7) is 4.97. The number of methoxy groups -OCH3 is 1. The van der Waals surface area contributed by atoms with Gasteiger partial charge in [-0.1, -0.05) is 6.07 Å². The van der Waals surface area contributed by atoms with Crippen LogP contribution < -0.4 is 19.5 Å². The van der Waals surface area contributed by atoms with Gasteiger partial charge < -0.3 is 24.3 Å². The average molecular weight is 448 g/mol. The van der Waals surface area contributed by atoms with Gasteiger partial charge in [-0.15, -0.1) is 11.8 Å². The Labute approximate surface area is 187 Å². The first-order valence-corrected chi connectivity index (χ1v) is 11.3. The summed E-state index contributed by atoms with van der Waals surface area (Å²) < 4.78 is 21.5. The molecule has 2 aromatic rings. The van der Waals surface area contributed by atoms with E-state index in [0.717, 1.165) is 10.5 Å². The van der Waals surface area contributed by atoms with Crippen LogP contribution in [0.1, 0.15) is 29.8 Å². The van der Waals surface area contributed by atoms with Gasteiger partial charge in [0.15, 0.2) is 18.1 Å². The Bertz CT molecular complexity index is 886. The molecule has 2 aromatic carbocycles. The first-order chi connectivity index (χ1) is 15.0. The second-order valence-electron chi connectivity index (χ2n) is 6.39. The smallest absolute Gasteiger partial charge is 0.342 e. The number of esters is 1. The van der Waals surface area contributed by atoms with Crippen molar-refractivity contribution in [3.8, 4) is 17.2 Å². The van der Waals surface area contributed by atoms with Gasteiger partial charge in [-0.2, -0.15) is 0 Å². The second kappa shape index (κ2) is 12.7. The minimum atomic E-state index is -0.604. The van der Waals surface area contributed by atoms with Gasteiger partial charge in [0.1, 0.15) is 11.3 Å². The number of carbonyl (C=O) groups is 2. The predicted octanol–water partition coefficient (Wildman–Crippen LogP) is 3.73. The van der Waals surface area contributed by atoms with Gasteiger partial charge in [0.25, 0.3) is 5.91 Å². The molecule has 0 radical (unpaired) electrons. The molecule has 168 valence electrons. The first-order valence-electron chi connectivity index (χ1n) is 10.1. The van der Waals surface area contributed by atoms with E-state index in [4.69, 9.17) is 18.9 Å². The maximum absolute atomic E-state index is 12.3. The summed E-state index contributed by atoms with van der Waals surface area (Å²) in [4.78, 5) is 25.3. The predicted molar refractivity (Wildman–Crippen MR) is 121 cm³/mol. The van der Waals surface area contributed by atoms with Gasteiger partial charge in [-0.25, -0.2) is 4.79 Å². The Morgan fingerprint density at radius 2 is 1.71 bits per heavy atom. The Morgan fingerprint density at radius 1 is 0.968 bits per heavy atom. The van der Waals surface area contributed by atoms with E-state index in [1.165, 1.54) is 18.9 Å². The summed E-state index contributed by atoms with van der Waals surface area (Å²) in [6.07, 6.45) is 2.54. The van der Waals surface area contributed by atoms with E-state index in [2.05, 4.69) is 5.32 Å². The number of nitrogens with one attached hydrogen (secondary N) is 1. The molecular formula is C23H29NO6S. The normalized spacial score (nSPS) is 10.3. The number of amides is 1. The number of carbonyl (C=O) groups excluding carboxylic acids is 2. The van der Waals surface area contributed by atoms with Gasteiger partial charge in [0, 0.05) is 11.4 Å². The van der Waals surface area contributed by atoms with E-state index in [1.54, 1.807) is 18.2 Å². The lowest BCUT2D eigenvalue weighted by molar-refractivity contribution is -0.124. The summed E-state index contributed by atoms with van der Waals surface area (Å²) in [5, 5.41) is 2.75. The molecule has 1 N–H and O–H groups in total. The molecule has 0 aliphatic rings. The second-order valence-corrected chi connectivity index (χ2v) is 7.27. The van der Waals surface area contributed by atoms with E-state index in [9.17, 15) is 9.59 Å². The molecule has 0 atom stereocenters. The molecule has 7 nitrogen and oxygen atoms in total. The molecule has 0 bridgehead atoms. The van der Waals surface area contributed by atoms with Crippen molar-refractivity contribution in [2.45, 2.75) is 25.2 Å². The van der Waals surface area contributed by atoms with Crippen molar-refractivity contribution in [3.63, 3.8) is 0 Å². The fourth-order valence-corrected chi connectivity index (χ4v) is 3.25. The quantitative estimate of drug-likeness (QED) is 0.392. The van der Waals surface area contributed by atoms with Gasteiger partial charge in [0.05, 0.1) is 20.3 Å². The summed E-state index contributed by atoms with van der Waals surface area (Å²) in [6, 6.07) is 10.9. The van der Waals surface area contributed by atoms with E-state index >= 15 is 0 Å². The average Bonchev–Trinajstić information content (AvgIpc) is 2.78. The SMILES string of the molecule is CCOc1ccc(CCNC(=O)COC(=O)c2ccc(SC)cc2OC)cc1OCC. The van der Waals surface area contributed by atoms with Crippen molar-refractivity contribution in [1.29, 1.82) is 0 Å². The van der Waals surface area contributed by atoms with E-state index < -0.39 is 5.97 Å². The molecule has 0 heterocycles. The zero-order chi connectivity index (χ0) is 22.6. The van der Waals surface area contributed by atoms with E-state index in [-0.39, 0.29) is 18.1 Å². The highest BCUT2D eigenvalue weighted by molar-refractivity contribution is 7.98. The lowest BCUT2D eigenvalue weighted by Crippen LogP contribution is -2.30. The largest absolute Gasteiger partial charge is 0.496 e. The van der Waals surface area contributed by atoms with Gasteiger partial charge in [-0.05, 0) is 62.4 Å². The first kappa shape index (κ1) is 24.4. The fraction of sp³-hybridized carbons (Fsp3) is 0.391. The molecule has 0 unspecified atom stereocenters. The van der Waals surface area contributed by atoms with Gasteiger partial charge in [0.2, 0.25) is 0 Å². The van der Waals surface area contributed by atoms with Crippen molar-refractivity contribution in [1.82, 2.24) is 5.32 Å². The zero-order valence-electron chi connectivity index (χ0n) is 18.4. The van der Waals surface area contributed by atoms with Crippen LogP contribution in [-0.2, 0) is 16.0 Å². The maximum atomic E-state index is 12.3. The molecule has 0 aliphatic carbocycles. The molecular weight excluding hydrogens is 418 g/mol. The number of hydrogen-bond donors (Lipinski definition) is 1. The van der Waals surface area contributed by atoms with Crippen LogP contribution in [0.25, 0.3) is 0 Å². The molecule has 0 spiro atoms. The number of rotatable bonds is 12. The van der Waals surface area contributed by atoms with Crippen molar-refractivity contribution >= 4 is 23.6 Å². The van der Waals surface area contributed by atoms with Crippen molar-refractivity contribution in [3.05, 3.63) is 47.5 Å². The lowest BCUT2D eigenvalue weighted by Gasteiger charge is -2.13. The van der Waals surface area contributed by atoms with Gasteiger partial charge >= 0.3 is 5.97 Å². The van der Waals surface area contributed by atoms with Crippen molar-refractivity contribution in [2.75, 3.05) is 39.7 Å². The molecule has 0 saturated carbocycles. The molecule has 31 heavy (non-hydrogen) atoms. The Balaban J connectivity index is 1.83. The summed E-state index contributed by atoms with van der Waals surface area (Å²) in [5.74, 6) is 0.822. The Morgan fingerprint density at radius 3 is 2.39 bits per heavy atom. The van der Waals surface area contributed by atoms with Crippen molar-refractivity contribution in [2.24, 2.45) is 0 Å². The van der Waals surface area contributed by atoms with Gasteiger partial charge in [-0.3, -0.25) is 4.79 Å². The minimum absolute atomic E-state index is 0.283. The van der Waals surface area contributed by atoms with Crippen LogP contribution in [0.2, 0.25) is 0 Å². The maximum Gasteiger partial charge on any atom is 0.342 e. The number of thioether (sulfide) groups is 1. The lowest BCUT2D eigenvalue weighted by atomic mass is 10.1. The topological polar surface area (TPSA) is 83.1 Å². The number of ether oxygens (including phenoxy) is 4. The third-order valence-corrected chi connectivity index (χ3v) is 5.03. The molecule has 0 fully saturated rings. The number of benzene rings is 2. The zero-order valence-corrected chi connectivity index (χ0v) is 19.2. The van der Waals surface area contributed by atoms with Crippen LogP contribution in [0, 0.1) is 0 Å². The standard InChI is InChI=1S/C23H29NO6S/c1-5-28-19-10-7-16(13-21(19)29-6-2)11-12-24-22(25)15-30-23(26)18-9-8-17(31-4)14-20(18)27-3/h7-10,13-14H,5-6,11-12,15H2,1-4H3,(H,24,25). The van der Waals surface area contributed by atoms with Crippen LogP contribution in [0.4, 0.5) is 0 Å². The van der Waals surface area contributed by atoms with E-state index in [1.807, 2.05) is 38.3 Å². The fourth-order valence-electron chi connectivity index (χ4n) is 2.82. The highest BCUT2D eigenvalue weighted by Gasteiger charge is 2.16. The molecule has 8 heteroatoms. The molecule has 1 amide bonds. The molecule has 0 aromatic heterocycles. The summed E-state index contributed by atoms with van der Waals surface area (Å²) in [5.41, 5.74) is 1.29. The van der Waals surface area contributed by atoms with Crippen molar-refractivity contribution < 1.29 is 28.5 Å².